The van der Waals surface area contributed by atoms with Crippen LogP contribution in [0.3, 0.4) is 0 Å². The van der Waals surface area contributed by atoms with Gasteiger partial charge in [0.25, 0.3) is 5.56 Å². The lowest BCUT2D eigenvalue weighted by molar-refractivity contribution is 0.808. The molecular formula is C16H16ClN5O2. The third kappa shape index (κ3) is 2.85. The molecule has 0 saturated heterocycles. The molecule has 0 atom stereocenters. The SMILES string of the molecule is C=CCNc1nc2c(c(=O)[nH]c(=O)n2C)n1Cc1ccc(Cl)cc1. The first-order chi connectivity index (χ1) is 11.5. The molecule has 0 aliphatic heterocycles. The Bertz CT molecular complexity index is 1010. The summed E-state index contributed by atoms with van der Waals surface area (Å²) in [5.74, 6) is 0.492. The van der Waals surface area contributed by atoms with Gasteiger partial charge in [-0.15, -0.1) is 6.58 Å². The summed E-state index contributed by atoms with van der Waals surface area (Å²) >= 11 is 5.92. The summed E-state index contributed by atoms with van der Waals surface area (Å²) in [5.41, 5.74) is 0.636. The molecule has 2 aromatic heterocycles. The Morgan fingerprint density at radius 3 is 2.71 bits per heavy atom. The standard InChI is InChI=1S/C16H16ClN5O2/c1-3-8-18-15-19-13-12(14(23)20-16(24)21(13)2)22(15)9-10-4-6-11(17)7-5-10/h3-7H,1,8-9H2,2H3,(H,18,19)(H,20,23,24). The highest BCUT2D eigenvalue weighted by molar-refractivity contribution is 6.30. The van der Waals surface area contributed by atoms with E-state index < -0.39 is 11.2 Å². The van der Waals surface area contributed by atoms with Gasteiger partial charge in [-0.1, -0.05) is 29.8 Å². The summed E-state index contributed by atoms with van der Waals surface area (Å²) in [6.45, 7) is 4.56. The van der Waals surface area contributed by atoms with Gasteiger partial charge in [0, 0.05) is 18.6 Å². The fraction of sp³-hybridized carbons (Fsp3) is 0.188. The molecule has 0 spiro atoms. The van der Waals surface area contributed by atoms with E-state index in [1.165, 1.54) is 4.57 Å². The quantitative estimate of drug-likeness (QED) is 0.690. The molecule has 24 heavy (non-hydrogen) atoms. The lowest BCUT2D eigenvalue weighted by Gasteiger charge is -2.09. The minimum atomic E-state index is -0.501. The Labute approximate surface area is 142 Å². The Morgan fingerprint density at radius 1 is 1.33 bits per heavy atom. The third-order valence-corrected chi connectivity index (χ3v) is 3.92. The van der Waals surface area contributed by atoms with Crippen LogP contribution in [0.5, 0.6) is 0 Å². The highest BCUT2D eigenvalue weighted by Gasteiger charge is 2.17. The lowest BCUT2D eigenvalue weighted by atomic mass is 10.2. The number of aromatic nitrogens is 4. The van der Waals surface area contributed by atoms with Gasteiger partial charge in [0.15, 0.2) is 11.2 Å². The summed E-state index contributed by atoms with van der Waals surface area (Å²) in [6.07, 6.45) is 1.69. The number of imidazole rings is 1. The van der Waals surface area contributed by atoms with E-state index in [-0.39, 0.29) is 0 Å². The molecule has 124 valence electrons. The number of hydrogen-bond donors (Lipinski definition) is 2. The molecule has 0 saturated carbocycles. The topological polar surface area (TPSA) is 84.7 Å². The summed E-state index contributed by atoms with van der Waals surface area (Å²) < 4.78 is 3.05. The first-order valence-electron chi connectivity index (χ1n) is 7.30. The van der Waals surface area contributed by atoms with Gasteiger partial charge in [-0.25, -0.2) is 4.79 Å². The molecule has 2 heterocycles. The fourth-order valence-electron chi connectivity index (χ4n) is 2.46. The van der Waals surface area contributed by atoms with Crippen molar-refractivity contribution in [2.75, 3.05) is 11.9 Å². The van der Waals surface area contributed by atoms with Crippen molar-refractivity contribution in [3.8, 4) is 0 Å². The molecule has 3 aromatic rings. The highest BCUT2D eigenvalue weighted by atomic mass is 35.5. The van der Waals surface area contributed by atoms with Gasteiger partial charge in [-0.05, 0) is 17.7 Å². The molecule has 1 aromatic carbocycles. The minimum Gasteiger partial charge on any atom is -0.352 e. The van der Waals surface area contributed by atoms with Crippen molar-refractivity contribution in [1.82, 2.24) is 19.1 Å². The predicted octanol–water partition coefficient (Wildman–Crippen LogP) is 1.72. The Balaban J connectivity index is 2.20. The van der Waals surface area contributed by atoms with Crippen LogP contribution >= 0.6 is 11.6 Å². The van der Waals surface area contributed by atoms with Crippen molar-refractivity contribution in [2.45, 2.75) is 6.54 Å². The molecule has 0 radical (unpaired) electrons. The van der Waals surface area contributed by atoms with Crippen molar-refractivity contribution < 1.29 is 0 Å². The van der Waals surface area contributed by atoms with E-state index in [0.29, 0.717) is 35.2 Å². The van der Waals surface area contributed by atoms with Crippen LogP contribution in [-0.4, -0.2) is 25.6 Å². The van der Waals surface area contributed by atoms with E-state index in [2.05, 4.69) is 21.9 Å². The van der Waals surface area contributed by atoms with Gasteiger partial charge < -0.3 is 5.32 Å². The average Bonchev–Trinajstić information content (AvgIpc) is 2.92. The van der Waals surface area contributed by atoms with Crippen molar-refractivity contribution in [3.05, 3.63) is 68.3 Å². The maximum absolute atomic E-state index is 12.3. The Kier molecular flexibility index (Phi) is 4.26. The number of rotatable bonds is 5. The lowest BCUT2D eigenvalue weighted by Crippen LogP contribution is -2.29. The number of anilines is 1. The molecule has 0 fully saturated rings. The molecule has 8 heteroatoms. The van der Waals surface area contributed by atoms with E-state index in [4.69, 9.17) is 11.6 Å². The predicted molar refractivity (Wildman–Crippen MR) is 94.8 cm³/mol. The van der Waals surface area contributed by atoms with Crippen LogP contribution in [0.15, 0.2) is 46.5 Å². The van der Waals surface area contributed by atoms with E-state index in [1.54, 1.807) is 29.8 Å². The first-order valence-corrected chi connectivity index (χ1v) is 7.68. The van der Waals surface area contributed by atoms with Crippen LogP contribution in [0.2, 0.25) is 5.02 Å². The van der Waals surface area contributed by atoms with Crippen LogP contribution in [0.4, 0.5) is 5.95 Å². The van der Waals surface area contributed by atoms with E-state index >= 15 is 0 Å². The summed E-state index contributed by atoms with van der Waals surface area (Å²) in [7, 11) is 1.57. The smallest absolute Gasteiger partial charge is 0.329 e. The largest absolute Gasteiger partial charge is 0.352 e. The molecular weight excluding hydrogens is 330 g/mol. The number of hydrogen-bond acceptors (Lipinski definition) is 4. The van der Waals surface area contributed by atoms with Crippen molar-refractivity contribution in [1.29, 1.82) is 0 Å². The van der Waals surface area contributed by atoms with Crippen molar-refractivity contribution >= 4 is 28.7 Å². The summed E-state index contributed by atoms with van der Waals surface area (Å²) in [5, 5.41) is 3.74. The van der Waals surface area contributed by atoms with Gasteiger partial charge in [0.1, 0.15) is 0 Å². The van der Waals surface area contributed by atoms with E-state index in [9.17, 15) is 9.59 Å². The third-order valence-electron chi connectivity index (χ3n) is 3.67. The normalized spacial score (nSPS) is 10.9. The van der Waals surface area contributed by atoms with Crippen LogP contribution in [-0.2, 0) is 13.6 Å². The van der Waals surface area contributed by atoms with Gasteiger partial charge in [-0.2, -0.15) is 4.98 Å². The number of nitrogens with one attached hydrogen (secondary N) is 2. The molecule has 0 amide bonds. The maximum Gasteiger partial charge on any atom is 0.329 e. The molecule has 7 nitrogen and oxygen atoms in total. The Hall–Kier alpha value is -2.80. The maximum atomic E-state index is 12.3. The zero-order valence-corrected chi connectivity index (χ0v) is 13.8. The number of aromatic amines is 1. The number of halogens is 1. The van der Waals surface area contributed by atoms with Gasteiger partial charge in [0.2, 0.25) is 5.95 Å². The highest BCUT2D eigenvalue weighted by Crippen LogP contribution is 2.18. The summed E-state index contributed by atoms with van der Waals surface area (Å²) in [4.78, 5) is 30.8. The molecule has 0 aliphatic carbocycles. The van der Waals surface area contributed by atoms with E-state index in [0.717, 1.165) is 5.56 Å². The van der Waals surface area contributed by atoms with Gasteiger partial charge >= 0.3 is 5.69 Å². The average molecular weight is 346 g/mol. The van der Waals surface area contributed by atoms with Crippen LogP contribution in [0.25, 0.3) is 11.2 Å². The van der Waals surface area contributed by atoms with Gasteiger partial charge in [-0.3, -0.25) is 18.9 Å². The molecule has 2 N–H and O–H groups in total. The second-order valence-electron chi connectivity index (χ2n) is 5.31. The van der Waals surface area contributed by atoms with Gasteiger partial charge in [0.05, 0.1) is 6.54 Å². The molecule has 3 rings (SSSR count). The van der Waals surface area contributed by atoms with Crippen LogP contribution in [0.1, 0.15) is 5.56 Å². The molecule has 0 bridgehead atoms. The zero-order chi connectivity index (χ0) is 17.3. The summed E-state index contributed by atoms with van der Waals surface area (Å²) in [6, 6.07) is 7.32. The van der Waals surface area contributed by atoms with Crippen molar-refractivity contribution in [2.24, 2.45) is 7.05 Å². The number of benzene rings is 1. The first kappa shape index (κ1) is 16.1. The number of H-pyrrole nitrogens is 1. The number of aryl methyl sites for hydroxylation is 1. The number of nitrogens with zero attached hydrogens (tertiary/aromatic N) is 3. The van der Waals surface area contributed by atoms with Crippen LogP contribution in [0, 0.1) is 0 Å². The van der Waals surface area contributed by atoms with Crippen molar-refractivity contribution in [3.63, 3.8) is 0 Å². The zero-order valence-electron chi connectivity index (χ0n) is 13.0. The number of fused-ring (bicyclic) bond motifs is 1. The fourth-order valence-corrected chi connectivity index (χ4v) is 2.59. The Morgan fingerprint density at radius 2 is 2.04 bits per heavy atom. The minimum absolute atomic E-state index is 0.323. The second kappa shape index (κ2) is 6.37. The molecule has 0 unspecified atom stereocenters. The van der Waals surface area contributed by atoms with E-state index in [1.807, 2.05) is 12.1 Å². The monoisotopic (exact) mass is 345 g/mol. The van der Waals surface area contributed by atoms with Crippen LogP contribution < -0.4 is 16.6 Å². The second-order valence-corrected chi connectivity index (χ2v) is 5.74. The molecule has 0 aliphatic rings.